The summed E-state index contributed by atoms with van der Waals surface area (Å²) in [6, 6.07) is 20.9. The van der Waals surface area contributed by atoms with Crippen LogP contribution in [0.5, 0.6) is 0 Å². The van der Waals surface area contributed by atoms with E-state index in [4.69, 9.17) is 10.5 Å². The number of esters is 1. The van der Waals surface area contributed by atoms with E-state index in [0.29, 0.717) is 21.9 Å². The number of nitrogens with zero attached hydrogens (tertiary/aromatic N) is 1. The Morgan fingerprint density at radius 1 is 1.13 bits per heavy atom. The van der Waals surface area contributed by atoms with Crippen LogP contribution in [-0.4, -0.2) is 24.2 Å². The van der Waals surface area contributed by atoms with Gasteiger partial charge in [-0.3, -0.25) is 4.79 Å². The van der Waals surface area contributed by atoms with Crippen molar-refractivity contribution in [2.24, 2.45) is 5.73 Å². The minimum Gasteiger partial charge on any atom is -0.463 e. The molecule has 0 saturated heterocycles. The van der Waals surface area contributed by atoms with Gasteiger partial charge >= 0.3 is 5.97 Å². The minimum atomic E-state index is -0.637. The number of allylic oxidation sites excluding steroid dienone is 1. The molecule has 2 aromatic carbocycles. The molecule has 0 bridgehead atoms. The summed E-state index contributed by atoms with van der Waals surface area (Å²) in [4.78, 5) is 24.4. The van der Waals surface area contributed by atoms with Crippen LogP contribution in [0, 0.1) is 11.3 Å². The standard InChI is InChI=1S/C23H21N3O3S/c1-2-29-23(28)20-19(15-9-5-3-6-10-15)17(13-24)22(30-14-18(25)27)26-21(20)16-11-7-4-8-12-16/h3-12,19,26H,2,14H2,1H3,(H2,25,27). The van der Waals surface area contributed by atoms with Crippen molar-refractivity contribution in [1.82, 2.24) is 5.32 Å². The van der Waals surface area contributed by atoms with Gasteiger partial charge in [-0.05, 0) is 18.1 Å². The molecule has 1 unspecified atom stereocenters. The average molecular weight is 420 g/mol. The number of nitrogens with two attached hydrogens (primary N) is 1. The van der Waals surface area contributed by atoms with Gasteiger partial charge < -0.3 is 15.8 Å². The number of benzene rings is 2. The van der Waals surface area contributed by atoms with Crippen molar-refractivity contribution < 1.29 is 14.3 Å². The highest BCUT2D eigenvalue weighted by atomic mass is 32.2. The van der Waals surface area contributed by atoms with Crippen molar-refractivity contribution in [1.29, 1.82) is 5.26 Å². The number of nitrogens with one attached hydrogen (secondary N) is 1. The van der Waals surface area contributed by atoms with Gasteiger partial charge in [0.25, 0.3) is 0 Å². The number of amides is 1. The molecule has 0 spiro atoms. The highest BCUT2D eigenvalue weighted by Crippen LogP contribution is 2.43. The molecule has 1 heterocycles. The number of rotatable bonds is 7. The number of ether oxygens (including phenoxy) is 1. The Labute approximate surface area is 179 Å². The topological polar surface area (TPSA) is 105 Å². The second kappa shape index (κ2) is 9.81. The van der Waals surface area contributed by atoms with Crippen LogP contribution in [0.2, 0.25) is 0 Å². The highest BCUT2D eigenvalue weighted by molar-refractivity contribution is 8.03. The highest BCUT2D eigenvalue weighted by Gasteiger charge is 2.37. The van der Waals surface area contributed by atoms with Gasteiger partial charge in [0.15, 0.2) is 0 Å². The lowest BCUT2D eigenvalue weighted by atomic mass is 9.81. The van der Waals surface area contributed by atoms with Crippen molar-refractivity contribution in [3.63, 3.8) is 0 Å². The summed E-state index contributed by atoms with van der Waals surface area (Å²) in [5.41, 5.74) is 8.13. The lowest BCUT2D eigenvalue weighted by Crippen LogP contribution is -2.29. The molecule has 1 aliphatic rings. The Kier molecular flexibility index (Phi) is 6.94. The lowest BCUT2D eigenvalue weighted by Gasteiger charge is -2.30. The number of carbonyl (C=O) groups is 2. The SMILES string of the molecule is CCOC(=O)C1=C(c2ccccc2)NC(SCC(N)=O)=C(C#N)C1c1ccccc1. The molecule has 0 saturated carbocycles. The third-order valence-corrected chi connectivity index (χ3v) is 5.54. The number of thioether (sulfide) groups is 1. The first-order chi connectivity index (χ1) is 14.6. The maximum Gasteiger partial charge on any atom is 0.337 e. The number of hydrogen-bond acceptors (Lipinski definition) is 6. The molecule has 7 heteroatoms. The number of hydrogen-bond donors (Lipinski definition) is 2. The van der Waals surface area contributed by atoms with E-state index < -0.39 is 17.8 Å². The zero-order valence-electron chi connectivity index (χ0n) is 16.4. The van der Waals surface area contributed by atoms with Gasteiger partial charge in [0.1, 0.15) is 0 Å². The third kappa shape index (κ3) is 4.56. The molecule has 1 aliphatic heterocycles. The second-order valence-electron chi connectivity index (χ2n) is 6.45. The van der Waals surface area contributed by atoms with Gasteiger partial charge in [-0.2, -0.15) is 5.26 Å². The van der Waals surface area contributed by atoms with E-state index in [1.165, 1.54) is 0 Å². The van der Waals surface area contributed by atoms with Gasteiger partial charge in [-0.1, -0.05) is 72.4 Å². The fraction of sp³-hybridized carbons (Fsp3) is 0.174. The monoisotopic (exact) mass is 419 g/mol. The van der Waals surface area contributed by atoms with E-state index in [2.05, 4.69) is 11.4 Å². The van der Waals surface area contributed by atoms with Crippen LogP contribution in [-0.2, 0) is 14.3 Å². The maximum atomic E-state index is 13.1. The summed E-state index contributed by atoms with van der Waals surface area (Å²) in [5, 5.41) is 13.7. The third-order valence-electron chi connectivity index (χ3n) is 4.50. The Hall–Kier alpha value is -3.50. The van der Waals surface area contributed by atoms with E-state index in [-0.39, 0.29) is 12.4 Å². The fourth-order valence-electron chi connectivity index (χ4n) is 3.28. The average Bonchev–Trinajstić information content (AvgIpc) is 2.77. The van der Waals surface area contributed by atoms with E-state index in [1.807, 2.05) is 60.7 Å². The van der Waals surface area contributed by atoms with Crippen molar-refractivity contribution >= 4 is 29.3 Å². The van der Waals surface area contributed by atoms with Crippen molar-refractivity contribution in [3.05, 3.63) is 88.0 Å². The first-order valence-electron chi connectivity index (χ1n) is 9.40. The van der Waals surface area contributed by atoms with Gasteiger partial charge in [0, 0.05) is 0 Å². The Bertz CT molecular complexity index is 1040. The zero-order valence-corrected chi connectivity index (χ0v) is 17.2. The van der Waals surface area contributed by atoms with E-state index in [1.54, 1.807) is 6.92 Å². The Morgan fingerprint density at radius 2 is 1.77 bits per heavy atom. The van der Waals surface area contributed by atoms with E-state index >= 15 is 0 Å². The largest absolute Gasteiger partial charge is 0.463 e. The summed E-state index contributed by atoms with van der Waals surface area (Å²) in [6.45, 7) is 1.95. The first-order valence-corrected chi connectivity index (χ1v) is 10.4. The van der Waals surface area contributed by atoms with Crippen LogP contribution in [0.1, 0.15) is 24.0 Å². The molecule has 0 radical (unpaired) electrons. The van der Waals surface area contributed by atoms with Crippen molar-refractivity contribution in [3.8, 4) is 6.07 Å². The summed E-state index contributed by atoms with van der Waals surface area (Å²) in [7, 11) is 0. The number of nitriles is 1. The Morgan fingerprint density at radius 3 is 2.33 bits per heavy atom. The fourth-order valence-corrected chi connectivity index (χ4v) is 4.06. The van der Waals surface area contributed by atoms with Gasteiger partial charge in [-0.25, -0.2) is 4.79 Å². The minimum absolute atomic E-state index is 0.00579. The molecule has 0 fully saturated rings. The molecule has 30 heavy (non-hydrogen) atoms. The van der Waals surface area contributed by atoms with Crippen LogP contribution < -0.4 is 11.1 Å². The molecule has 1 amide bonds. The Balaban J connectivity index is 2.25. The summed E-state index contributed by atoms with van der Waals surface area (Å²) in [6.07, 6.45) is 0. The molecule has 3 N–H and O–H groups in total. The molecule has 152 valence electrons. The van der Waals surface area contributed by atoms with Gasteiger partial charge in [0.05, 0.1) is 46.2 Å². The molecule has 6 nitrogen and oxygen atoms in total. The first kappa shape index (κ1) is 21.2. The molecule has 0 aliphatic carbocycles. The molecule has 1 atom stereocenters. The van der Waals surface area contributed by atoms with Crippen molar-refractivity contribution in [2.45, 2.75) is 12.8 Å². The number of primary amides is 1. The normalized spacial score (nSPS) is 15.9. The molecular formula is C23H21N3O3S. The van der Waals surface area contributed by atoms with Crippen LogP contribution >= 0.6 is 11.8 Å². The van der Waals surface area contributed by atoms with Crippen LogP contribution in [0.4, 0.5) is 0 Å². The molecular weight excluding hydrogens is 398 g/mol. The van der Waals surface area contributed by atoms with Crippen LogP contribution in [0.3, 0.4) is 0 Å². The molecule has 3 rings (SSSR count). The quantitative estimate of drug-likeness (QED) is 0.667. The van der Waals surface area contributed by atoms with Crippen molar-refractivity contribution in [2.75, 3.05) is 12.4 Å². The maximum absolute atomic E-state index is 13.1. The smallest absolute Gasteiger partial charge is 0.337 e. The molecule has 2 aromatic rings. The second-order valence-corrected chi connectivity index (χ2v) is 7.44. The van der Waals surface area contributed by atoms with Crippen LogP contribution in [0.15, 0.2) is 76.8 Å². The predicted octanol–water partition coefficient (Wildman–Crippen LogP) is 3.30. The summed E-state index contributed by atoms with van der Waals surface area (Å²) < 4.78 is 5.36. The zero-order chi connectivity index (χ0) is 21.5. The van der Waals surface area contributed by atoms with Gasteiger partial charge in [-0.15, -0.1) is 0 Å². The summed E-state index contributed by atoms with van der Waals surface area (Å²) >= 11 is 1.15. The number of dihydropyridines is 1. The van der Waals surface area contributed by atoms with E-state index in [0.717, 1.165) is 22.9 Å². The van der Waals surface area contributed by atoms with Crippen LogP contribution in [0.25, 0.3) is 5.70 Å². The molecule has 0 aromatic heterocycles. The summed E-state index contributed by atoms with van der Waals surface area (Å²) in [5.74, 6) is -1.62. The lowest BCUT2D eigenvalue weighted by molar-refractivity contribution is -0.138. The van der Waals surface area contributed by atoms with Gasteiger partial charge in [0.2, 0.25) is 5.91 Å². The predicted molar refractivity (Wildman–Crippen MR) is 117 cm³/mol. The number of carbonyl (C=O) groups excluding carboxylic acids is 2. The van der Waals surface area contributed by atoms with E-state index in [9.17, 15) is 14.9 Å².